The molecule has 0 saturated heterocycles. The second-order valence-electron chi connectivity index (χ2n) is 3.55. The summed E-state index contributed by atoms with van der Waals surface area (Å²) in [6.45, 7) is 2.25. The Hall–Kier alpha value is -0.590. The van der Waals surface area contributed by atoms with E-state index < -0.39 is 9.84 Å². The van der Waals surface area contributed by atoms with Crippen molar-refractivity contribution in [3.8, 4) is 5.75 Å². The molecule has 0 aliphatic carbocycles. The van der Waals surface area contributed by atoms with Gasteiger partial charge in [0.1, 0.15) is 12.4 Å². The molecule has 1 aromatic rings. The number of benzene rings is 1. The Morgan fingerprint density at radius 2 is 2.12 bits per heavy atom. The van der Waals surface area contributed by atoms with Gasteiger partial charge >= 0.3 is 0 Å². The Morgan fingerprint density at radius 3 is 2.65 bits per heavy atom. The molecule has 17 heavy (non-hydrogen) atoms. The van der Waals surface area contributed by atoms with Crippen LogP contribution in [0.2, 0.25) is 0 Å². The number of sulfone groups is 1. The first-order valence-electron chi connectivity index (χ1n) is 5.30. The Balaban J connectivity index is 2.58. The summed E-state index contributed by atoms with van der Waals surface area (Å²) in [6, 6.07) is 5.50. The molecule has 1 aromatic carbocycles. The Kier molecular flexibility index (Phi) is 5.42. The minimum absolute atomic E-state index is 0.0363. The van der Waals surface area contributed by atoms with Gasteiger partial charge in [0.25, 0.3) is 0 Å². The lowest BCUT2D eigenvalue weighted by Gasteiger charge is -2.09. The van der Waals surface area contributed by atoms with Gasteiger partial charge in [0.2, 0.25) is 0 Å². The normalized spacial score (nSPS) is 11.5. The van der Waals surface area contributed by atoms with Gasteiger partial charge in [-0.3, -0.25) is 0 Å². The fourth-order valence-electron chi connectivity index (χ4n) is 1.21. The van der Waals surface area contributed by atoms with Crippen LogP contribution in [0.25, 0.3) is 0 Å². The highest BCUT2D eigenvalue weighted by Gasteiger charge is 2.08. The zero-order valence-corrected chi connectivity index (χ0v) is 12.1. The van der Waals surface area contributed by atoms with Gasteiger partial charge in [-0.25, -0.2) is 8.42 Å². The predicted molar refractivity (Wildman–Crippen MR) is 71.9 cm³/mol. The van der Waals surface area contributed by atoms with E-state index in [0.29, 0.717) is 12.3 Å². The maximum absolute atomic E-state index is 11.3. The van der Waals surface area contributed by atoms with Crippen LogP contribution in [-0.4, -0.2) is 26.5 Å². The first-order chi connectivity index (χ1) is 7.98. The molecular weight excluding hydrogens is 306 g/mol. The summed E-state index contributed by atoms with van der Waals surface area (Å²) in [7, 11) is -2.98. The first-order valence-corrected chi connectivity index (χ1v) is 7.91. The lowest BCUT2D eigenvalue weighted by Crippen LogP contribution is -2.15. The van der Waals surface area contributed by atoms with Crippen molar-refractivity contribution in [1.82, 2.24) is 0 Å². The van der Waals surface area contributed by atoms with Crippen LogP contribution in [0.1, 0.15) is 12.5 Å². The van der Waals surface area contributed by atoms with Crippen molar-refractivity contribution < 1.29 is 13.2 Å². The molecule has 0 aromatic heterocycles. The minimum atomic E-state index is -2.98. The van der Waals surface area contributed by atoms with Crippen LogP contribution in [-0.2, 0) is 16.4 Å². The molecule has 6 heteroatoms. The third-order valence-electron chi connectivity index (χ3n) is 2.32. The quantitative estimate of drug-likeness (QED) is 0.866. The molecule has 0 aliphatic heterocycles. The number of rotatable bonds is 6. The van der Waals surface area contributed by atoms with E-state index in [-0.39, 0.29) is 18.1 Å². The monoisotopic (exact) mass is 321 g/mol. The highest BCUT2D eigenvalue weighted by molar-refractivity contribution is 9.10. The van der Waals surface area contributed by atoms with Gasteiger partial charge in [-0.05, 0) is 33.6 Å². The largest absolute Gasteiger partial charge is 0.491 e. The molecule has 0 radical (unpaired) electrons. The molecule has 0 atom stereocenters. The van der Waals surface area contributed by atoms with E-state index >= 15 is 0 Å². The van der Waals surface area contributed by atoms with Gasteiger partial charge in [-0.1, -0.05) is 13.0 Å². The SMILES string of the molecule is CCS(=O)(=O)CCOc1ccc(CN)cc1Br. The lowest BCUT2D eigenvalue weighted by atomic mass is 10.2. The predicted octanol–water partition coefficient (Wildman–Crippen LogP) is 1.72. The Bertz CT molecular complexity index is 474. The zero-order chi connectivity index (χ0) is 12.9. The van der Waals surface area contributed by atoms with Crippen LogP contribution in [0, 0.1) is 0 Å². The number of ether oxygens (including phenoxy) is 1. The lowest BCUT2D eigenvalue weighted by molar-refractivity contribution is 0.338. The maximum Gasteiger partial charge on any atom is 0.153 e. The smallest absolute Gasteiger partial charge is 0.153 e. The van der Waals surface area contributed by atoms with E-state index in [0.717, 1.165) is 10.0 Å². The van der Waals surface area contributed by atoms with Crippen molar-refractivity contribution in [2.24, 2.45) is 5.73 Å². The van der Waals surface area contributed by atoms with Crippen molar-refractivity contribution in [2.75, 3.05) is 18.1 Å². The summed E-state index contributed by atoms with van der Waals surface area (Å²) in [5.74, 6) is 0.812. The van der Waals surface area contributed by atoms with E-state index in [9.17, 15) is 8.42 Å². The van der Waals surface area contributed by atoms with Crippen LogP contribution in [0.5, 0.6) is 5.75 Å². The number of nitrogens with two attached hydrogens (primary N) is 1. The number of hydrogen-bond donors (Lipinski definition) is 1. The molecule has 0 aliphatic rings. The maximum atomic E-state index is 11.3. The molecule has 0 saturated carbocycles. The molecule has 4 nitrogen and oxygen atoms in total. The summed E-state index contributed by atoms with van der Waals surface area (Å²) in [5.41, 5.74) is 6.49. The molecule has 0 bridgehead atoms. The molecule has 2 N–H and O–H groups in total. The highest BCUT2D eigenvalue weighted by Crippen LogP contribution is 2.25. The molecule has 0 fully saturated rings. The average molecular weight is 322 g/mol. The van der Waals surface area contributed by atoms with Crippen LogP contribution in [0.3, 0.4) is 0 Å². The fourth-order valence-corrected chi connectivity index (χ4v) is 2.38. The zero-order valence-electron chi connectivity index (χ0n) is 9.65. The molecule has 0 unspecified atom stereocenters. The van der Waals surface area contributed by atoms with Gasteiger partial charge < -0.3 is 10.5 Å². The average Bonchev–Trinajstić information content (AvgIpc) is 2.31. The van der Waals surface area contributed by atoms with E-state index in [1.807, 2.05) is 12.1 Å². The first kappa shape index (κ1) is 14.5. The van der Waals surface area contributed by atoms with Crippen LogP contribution < -0.4 is 10.5 Å². The number of hydrogen-bond acceptors (Lipinski definition) is 4. The van der Waals surface area contributed by atoms with E-state index in [1.165, 1.54) is 0 Å². The third kappa shape index (κ3) is 4.65. The second kappa shape index (κ2) is 6.37. The van der Waals surface area contributed by atoms with Gasteiger partial charge in [0.05, 0.1) is 10.2 Å². The second-order valence-corrected chi connectivity index (χ2v) is 6.88. The van der Waals surface area contributed by atoms with Crippen LogP contribution >= 0.6 is 15.9 Å². The fraction of sp³-hybridized carbons (Fsp3) is 0.455. The molecule has 0 amide bonds. The van der Waals surface area contributed by atoms with E-state index in [2.05, 4.69) is 15.9 Å². The van der Waals surface area contributed by atoms with E-state index in [4.69, 9.17) is 10.5 Å². The molecule has 96 valence electrons. The molecular formula is C11H16BrNO3S. The summed E-state index contributed by atoms with van der Waals surface area (Å²) in [5, 5.41) is 0. The van der Waals surface area contributed by atoms with Crippen LogP contribution in [0.15, 0.2) is 22.7 Å². The summed E-state index contributed by atoms with van der Waals surface area (Å²) in [6.07, 6.45) is 0. The Labute approximate surface area is 110 Å². The van der Waals surface area contributed by atoms with Crippen molar-refractivity contribution >= 4 is 25.8 Å². The highest BCUT2D eigenvalue weighted by atomic mass is 79.9. The summed E-state index contributed by atoms with van der Waals surface area (Å²) < 4.78 is 28.7. The molecule has 1 rings (SSSR count). The third-order valence-corrected chi connectivity index (χ3v) is 4.61. The Morgan fingerprint density at radius 1 is 1.41 bits per heavy atom. The van der Waals surface area contributed by atoms with Gasteiger partial charge in [-0.15, -0.1) is 0 Å². The van der Waals surface area contributed by atoms with Crippen molar-refractivity contribution in [2.45, 2.75) is 13.5 Å². The molecule has 0 heterocycles. The van der Waals surface area contributed by atoms with Crippen molar-refractivity contribution in [1.29, 1.82) is 0 Å². The minimum Gasteiger partial charge on any atom is -0.491 e. The standard InChI is InChI=1S/C11H16BrNO3S/c1-2-17(14,15)6-5-16-11-4-3-9(8-13)7-10(11)12/h3-4,7H,2,5-6,8,13H2,1H3. The molecule has 0 spiro atoms. The summed E-state index contributed by atoms with van der Waals surface area (Å²) >= 11 is 3.36. The topological polar surface area (TPSA) is 69.4 Å². The van der Waals surface area contributed by atoms with Crippen molar-refractivity contribution in [3.63, 3.8) is 0 Å². The van der Waals surface area contributed by atoms with Gasteiger partial charge in [0, 0.05) is 12.3 Å². The van der Waals surface area contributed by atoms with Crippen LogP contribution in [0.4, 0.5) is 0 Å². The van der Waals surface area contributed by atoms with Gasteiger partial charge in [-0.2, -0.15) is 0 Å². The number of halogens is 1. The van der Waals surface area contributed by atoms with Crippen molar-refractivity contribution in [3.05, 3.63) is 28.2 Å². The van der Waals surface area contributed by atoms with Gasteiger partial charge in [0.15, 0.2) is 9.84 Å². The van der Waals surface area contributed by atoms with E-state index in [1.54, 1.807) is 13.0 Å². The summed E-state index contributed by atoms with van der Waals surface area (Å²) in [4.78, 5) is 0.